The molecule has 0 spiro atoms. The van der Waals surface area contributed by atoms with E-state index >= 15 is 0 Å². The maximum absolute atomic E-state index is 11.6. The van der Waals surface area contributed by atoms with Crippen molar-refractivity contribution in [2.24, 2.45) is 0 Å². The fourth-order valence-corrected chi connectivity index (χ4v) is 3.01. The Labute approximate surface area is 133 Å². The van der Waals surface area contributed by atoms with Crippen molar-refractivity contribution in [2.45, 2.75) is 84.0 Å². The Hall–Kier alpha value is -0.830. The van der Waals surface area contributed by atoms with E-state index < -0.39 is 0 Å². The van der Waals surface area contributed by atoms with E-state index in [0.717, 1.165) is 12.8 Å². The maximum atomic E-state index is 11.6. The van der Waals surface area contributed by atoms with E-state index in [4.69, 9.17) is 4.74 Å². The van der Waals surface area contributed by atoms with Crippen molar-refractivity contribution >= 4 is 17.3 Å². The molecule has 21 heavy (non-hydrogen) atoms. The minimum Gasteiger partial charge on any atom is -0.415 e. The zero-order valence-electron chi connectivity index (χ0n) is 13.4. The molecule has 0 atom stereocenters. The van der Waals surface area contributed by atoms with Crippen LogP contribution in [0.3, 0.4) is 0 Å². The van der Waals surface area contributed by atoms with E-state index in [-0.39, 0.29) is 5.97 Å². The summed E-state index contributed by atoms with van der Waals surface area (Å²) >= 11 is 1.47. The van der Waals surface area contributed by atoms with Crippen LogP contribution in [0.5, 0.6) is 5.06 Å². The lowest BCUT2D eigenvalue weighted by Gasteiger charge is -2.03. The summed E-state index contributed by atoms with van der Waals surface area (Å²) in [6.45, 7) is 2.26. The molecule has 3 heteroatoms. The van der Waals surface area contributed by atoms with Crippen LogP contribution in [0.1, 0.15) is 84.0 Å². The van der Waals surface area contributed by atoms with Gasteiger partial charge >= 0.3 is 5.97 Å². The van der Waals surface area contributed by atoms with Gasteiger partial charge in [0, 0.05) is 6.42 Å². The van der Waals surface area contributed by atoms with Gasteiger partial charge in [-0.3, -0.25) is 4.79 Å². The molecule has 1 aromatic rings. The molecule has 0 saturated carbocycles. The van der Waals surface area contributed by atoms with Crippen molar-refractivity contribution in [1.82, 2.24) is 0 Å². The number of ether oxygens (including phenoxy) is 1. The van der Waals surface area contributed by atoms with Gasteiger partial charge in [-0.15, -0.1) is 11.3 Å². The quantitative estimate of drug-likeness (QED) is 0.313. The summed E-state index contributed by atoms with van der Waals surface area (Å²) in [5.41, 5.74) is 0. The Morgan fingerprint density at radius 2 is 1.52 bits per heavy atom. The molecular weight excluding hydrogens is 280 g/mol. The summed E-state index contributed by atoms with van der Waals surface area (Å²) in [7, 11) is 0. The van der Waals surface area contributed by atoms with Crippen LogP contribution in [0.2, 0.25) is 0 Å². The zero-order chi connectivity index (χ0) is 15.2. The topological polar surface area (TPSA) is 26.3 Å². The number of unbranched alkanes of at least 4 members (excludes halogenated alkanes) is 10. The van der Waals surface area contributed by atoms with Gasteiger partial charge in [-0.25, -0.2) is 0 Å². The third kappa shape index (κ3) is 10.5. The van der Waals surface area contributed by atoms with E-state index in [1.54, 1.807) is 0 Å². The molecular formula is C18H30O2S. The third-order valence-corrected chi connectivity index (χ3v) is 4.44. The second-order valence-corrected chi connectivity index (χ2v) is 6.60. The largest absolute Gasteiger partial charge is 0.415 e. The lowest BCUT2D eigenvalue weighted by Crippen LogP contribution is -2.06. The number of carbonyl (C=O) groups excluding carboxylic acids is 1. The summed E-state index contributed by atoms with van der Waals surface area (Å²) in [5.74, 6) is -0.0895. The Balaban J connectivity index is 1.81. The summed E-state index contributed by atoms with van der Waals surface area (Å²) in [6.07, 6.45) is 14.9. The van der Waals surface area contributed by atoms with Gasteiger partial charge in [0.1, 0.15) is 0 Å². The van der Waals surface area contributed by atoms with Crippen LogP contribution >= 0.6 is 11.3 Å². The van der Waals surface area contributed by atoms with Gasteiger partial charge in [0.25, 0.3) is 0 Å². The molecule has 0 bridgehead atoms. The van der Waals surface area contributed by atoms with Gasteiger partial charge in [0.05, 0.1) is 0 Å². The SMILES string of the molecule is CCCCCCCCCCCCCC(=O)Oc1cccs1. The first-order valence-electron chi connectivity index (χ1n) is 8.57. The molecule has 120 valence electrons. The summed E-state index contributed by atoms with van der Waals surface area (Å²) < 4.78 is 5.23. The normalized spacial score (nSPS) is 10.7. The first kappa shape index (κ1) is 18.2. The number of rotatable bonds is 13. The van der Waals surface area contributed by atoms with Crippen LogP contribution in [0.15, 0.2) is 17.5 Å². The van der Waals surface area contributed by atoms with Crippen LogP contribution in [-0.2, 0) is 4.79 Å². The second-order valence-electron chi connectivity index (χ2n) is 5.69. The Morgan fingerprint density at radius 1 is 0.952 bits per heavy atom. The first-order chi connectivity index (χ1) is 10.3. The van der Waals surface area contributed by atoms with Gasteiger partial charge in [-0.05, 0) is 23.9 Å². The second kappa shape index (κ2) is 12.9. The molecule has 1 aromatic heterocycles. The van der Waals surface area contributed by atoms with Crippen molar-refractivity contribution in [3.63, 3.8) is 0 Å². The number of hydrogen-bond acceptors (Lipinski definition) is 3. The smallest absolute Gasteiger partial charge is 0.311 e. The minimum absolute atomic E-state index is 0.0895. The standard InChI is InChI=1S/C18H30O2S/c1-2-3-4-5-6-7-8-9-10-11-12-14-17(19)20-18-15-13-16-21-18/h13,15-16H,2-12,14H2,1H3. The predicted octanol–water partition coefficient (Wildman–Crippen LogP) is 6.35. The average molecular weight is 311 g/mol. The van der Waals surface area contributed by atoms with Crippen LogP contribution in [-0.4, -0.2) is 5.97 Å². The highest BCUT2D eigenvalue weighted by Gasteiger charge is 2.04. The lowest BCUT2D eigenvalue weighted by atomic mass is 10.1. The van der Waals surface area contributed by atoms with Crippen LogP contribution < -0.4 is 4.74 Å². The molecule has 0 fully saturated rings. The molecule has 0 unspecified atom stereocenters. The van der Waals surface area contributed by atoms with Gasteiger partial charge in [-0.2, -0.15) is 0 Å². The summed E-state index contributed by atoms with van der Waals surface area (Å²) in [6, 6.07) is 3.73. The molecule has 2 nitrogen and oxygen atoms in total. The fourth-order valence-electron chi connectivity index (χ4n) is 2.42. The Kier molecular flexibility index (Phi) is 11.2. The van der Waals surface area contributed by atoms with E-state index in [9.17, 15) is 4.79 Å². The number of thiophene rings is 1. The van der Waals surface area contributed by atoms with E-state index in [0.29, 0.717) is 11.5 Å². The van der Waals surface area contributed by atoms with Crippen molar-refractivity contribution in [3.05, 3.63) is 17.5 Å². The molecule has 0 aromatic carbocycles. The van der Waals surface area contributed by atoms with Gasteiger partial charge < -0.3 is 4.74 Å². The van der Waals surface area contributed by atoms with E-state index in [2.05, 4.69) is 6.92 Å². The highest BCUT2D eigenvalue weighted by Crippen LogP contribution is 2.19. The first-order valence-corrected chi connectivity index (χ1v) is 9.45. The van der Waals surface area contributed by atoms with Crippen LogP contribution in [0, 0.1) is 0 Å². The third-order valence-electron chi connectivity index (χ3n) is 3.69. The van der Waals surface area contributed by atoms with Crippen LogP contribution in [0.25, 0.3) is 0 Å². The average Bonchev–Trinajstić information content (AvgIpc) is 2.97. The summed E-state index contributed by atoms with van der Waals surface area (Å²) in [5, 5.41) is 2.63. The molecule has 0 aliphatic carbocycles. The molecule has 1 heterocycles. The molecule has 0 aliphatic heterocycles. The molecule has 1 rings (SSSR count). The van der Waals surface area contributed by atoms with Crippen LogP contribution in [0.4, 0.5) is 0 Å². The molecule has 0 aliphatic rings. The van der Waals surface area contributed by atoms with Crippen molar-refractivity contribution < 1.29 is 9.53 Å². The Bertz CT molecular complexity index is 346. The highest BCUT2D eigenvalue weighted by atomic mass is 32.1. The minimum atomic E-state index is -0.0895. The van der Waals surface area contributed by atoms with Gasteiger partial charge in [0.2, 0.25) is 0 Å². The van der Waals surface area contributed by atoms with Crippen molar-refractivity contribution in [1.29, 1.82) is 0 Å². The van der Waals surface area contributed by atoms with E-state index in [1.807, 2.05) is 17.5 Å². The fraction of sp³-hybridized carbons (Fsp3) is 0.722. The van der Waals surface area contributed by atoms with Crippen molar-refractivity contribution in [3.8, 4) is 5.06 Å². The van der Waals surface area contributed by atoms with E-state index in [1.165, 1.54) is 69.1 Å². The number of esters is 1. The highest BCUT2D eigenvalue weighted by molar-refractivity contribution is 7.11. The molecule has 0 saturated heterocycles. The Morgan fingerprint density at radius 3 is 2.05 bits per heavy atom. The molecule has 0 N–H and O–H groups in total. The predicted molar refractivity (Wildman–Crippen MR) is 91.0 cm³/mol. The maximum Gasteiger partial charge on any atom is 0.311 e. The number of hydrogen-bond donors (Lipinski definition) is 0. The van der Waals surface area contributed by atoms with Crippen molar-refractivity contribution in [2.75, 3.05) is 0 Å². The summed E-state index contributed by atoms with van der Waals surface area (Å²) in [4.78, 5) is 11.6. The lowest BCUT2D eigenvalue weighted by molar-refractivity contribution is -0.134. The molecule has 0 amide bonds. The molecule has 0 radical (unpaired) electrons. The zero-order valence-corrected chi connectivity index (χ0v) is 14.3. The van der Waals surface area contributed by atoms with Gasteiger partial charge in [0.15, 0.2) is 5.06 Å². The van der Waals surface area contributed by atoms with Gasteiger partial charge in [-0.1, -0.05) is 71.1 Å². The monoisotopic (exact) mass is 310 g/mol. The number of carbonyl (C=O) groups is 1.